The molecule has 7 aromatic rings. The third-order valence-corrected chi connectivity index (χ3v) is 31.7. The summed E-state index contributed by atoms with van der Waals surface area (Å²) in [5.74, 6) is 1.88. The summed E-state index contributed by atoms with van der Waals surface area (Å²) >= 11 is 0. The van der Waals surface area contributed by atoms with Crippen LogP contribution in [0.4, 0.5) is 0 Å². The van der Waals surface area contributed by atoms with Gasteiger partial charge in [0.05, 0.1) is 103 Å². The lowest BCUT2D eigenvalue weighted by Crippen LogP contribution is -2.58. The first kappa shape index (κ1) is 93.6. The Morgan fingerprint density at radius 3 is 1.22 bits per heavy atom. The number of aryl methyl sites for hydroxylation is 3. The fraction of sp³-hybridized carbons (Fsp3) is 0.636. The van der Waals surface area contributed by atoms with Crippen molar-refractivity contribution in [3.05, 3.63) is 149 Å². The van der Waals surface area contributed by atoms with Crippen molar-refractivity contribution in [2.75, 3.05) is 39.6 Å². The van der Waals surface area contributed by atoms with Gasteiger partial charge in [0.25, 0.3) is 0 Å². The summed E-state index contributed by atoms with van der Waals surface area (Å²) in [6, 6.07) is 23.3. The number of aromatic nitrogens is 10. The van der Waals surface area contributed by atoms with Crippen LogP contribution in [-0.4, -0.2) is 140 Å². The van der Waals surface area contributed by atoms with Crippen molar-refractivity contribution in [2.45, 2.75) is 268 Å². The molecule has 0 aromatic carbocycles. The third-order valence-electron chi connectivity index (χ3n) is 31.7. The number of carbonyl (C=O) groups excluding carboxylic acids is 5. The van der Waals surface area contributed by atoms with Crippen molar-refractivity contribution in [1.82, 2.24) is 49.3 Å². The quantitative estimate of drug-likeness (QED) is 0.0726. The molecule has 0 amide bonds. The highest BCUT2D eigenvalue weighted by Crippen LogP contribution is 2.62. The van der Waals surface area contributed by atoms with Gasteiger partial charge in [0.1, 0.15) is 23.0 Å². The van der Waals surface area contributed by atoms with Crippen LogP contribution in [0.5, 0.6) is 0 Å². The van der Waals surface area contributed by atoms with E-state index in [0.717, 1.165) is 156 Å². The molecule has 3 spiro atoms. The van der Waals surface area contributed by atoms with Crippen LogP contribution in [0.1, 0.15) is 260 Å². The lowest BCUT2D eigenvalue weighted by atomic mass is 9.52. The van der Waals surface area contributed by atoms with Gasteiger partial charge in [0.15, 0.2) is 28.9 Å². The number of Topliss-reactive ketones (excluding diaryl/α,β-unsaturated/α-hetero) is 5. The molecular formula is C99H140N10O12. The largest absolute Gasteiger partial charge is 0.515 e. The highest BCUT2D eigenvalue weighted by Gasteiger charge is 2.63. The first-order chi connectivity index (χ1) is 55.6. The van der Waals surface area contributed by atoms with Crippen LogP contribution < -0.4 is 0 Å². The van der Waals surface area contributed by atoms with Crippen molar-refractivity contribution < 1.29 is 57.5 Å². The average Bonchev–Trinajstić information content (AvgIpc) is 1.72. The zero-order valence-electron chi connectivity index (χ0n) is 70.5. The molecule has 20 rings (SSSR count). The second-order valence-corrected chi connectivity index (χ2v) is 37.3. The van der Waals surface area contributed by atoms with Gasteiger partial charge in [-0.3, -0.25) is 58.0 Å². The topological polar surface area (TPSA) is 266 Å². The highest BCUT2D eigenvalue weighted by atomic mass is 16.7. The molecule has 7 saturated carbocycles. The molecule has 10 aliphatic carbocycles. The van der Waals surface area contributed by atoms with Crippen LogP contribution in [-0.2, 0) is 104 Å². The number of allylic oxidation sites excluding steroid dienone is 1. The minimum absolute atomic E-state index is 0. The molecule has 13 aliphatic rings. The van der Waals surface area contributed by atoms with Gasteiger partial charge < -0.3 is 33.5 Å². The van der Waals surface area contributed by atoms with Crippen molar-refractivity contribution in [3.63, 3.8) is 0 Å². The molecule has 1 unspecified atom stereocenters. The summed E-state index contributed by atoms with van der Waals surface area (Å²) < 4.78 is 41.9. The monoisotopic (exact) mass is 1660 g/mol. The fourth-order valence-corrected chi connectivity index (χ4v) is 25.2. The van der Waals surface area contributed by atoms with Crippen LogP contribution >= 0.6 is 0 Å². The SMILES string of the molecule is C.C.C.C.C.C[C@@H]1C(=O)/C(=C\O)C[C@]2(C)c3nn(C)c(-c4ccccn4)c3CC[C@@H]12.C[C@@H]1C(=O)CC[C@]2(C)c3nn(C)c(-c4ccccn4)c3CC[C@@H]12.C[C@H]1[C@@H]2CCC(C(=O)c3ccccn3)C(=O)[C@@]2(C)CCC12OCCO2.C[C@H]1[C@@H]2CCCC(=O)[C@@]2(C)CCC12OCCO2.C[C@H]1[C@@H]2CCc3c(nn(C)c3-c3ccccn3)[C@@]2(C)CCC12OCCO2. The summed E-state index contributed by atoms with van der Waals surface area (Å²) in [4.78, 5) is 80.8. The number of pyridine rings is 4. The minimum atomic E-state index is -0.567. The number of rotatable bonds is 5. The first-order valence-electron chi connectivity index (χ1n) is 43.3. The Bertz CT molecular complexity index is 4850. The van der Waals surface area contributed by atoms with Gasteiger partial charge in [-0.15, -0.1) is 0 Å². The number of hydrogen-bond acceptors (Lipinski definition) is 19. The summed E-state index contributed by atoms with van der Waals surface area (Å²) in [6.45, 7) is 26.0. The predicted molar refractivity (Wildman–Crippen MR) is 471 cm³/mol. The molecule has 7 aromatic heterocycles. The van der Waals surface area contributed by atoms with Gasteiger partial charge in [-0.1, -0.05) is 131 Å². The number of carbonyl (C=O) groups is 5. The molecule has 1 N–H and O–H groups in total. The van der Waals surface area contributed by atoms with Crippen molar-refractivity contribution in [2.24, 2.45) is 97.1 Å². The highest BCUT2D eigenvalue weighted by molar-refractivity contribution is 6.12. The number of aliphatic hydroxyl groups excluding tert-OH is 1. The maximum atomic E-state index is 13.3. The van der Waals surface area contributed by atoms with Crippen molar-refractivity contribution in [1.29, 1.82) is 0 Å². The third kappa shape index (κ3) is 15.7. The second-order valence-electron chi connectivity index (χ2n) is 37.3. The van der Waals surface area contributed by atoms with Crippen molar-refractivity contribution >= 4 is 28.9 Å². The number of nitrogens with zero attached hydrogens (tertiary/aromatic N) is 10. The maximum Gasteiger partial charge on any atom is 0.191 e. The molecule has 3 saturated heterocycles. The Hall–Kier alpha value is -8.12. The van der Waals surface area contributed by atoms with E-state index in [0.29, 0.717) is 105 Å². The molecule has 3 aliphatic heterocycles. The van der Waals surface area contributed by atoms with Crippen LogP contribution in [0, 0.1) is 75.9 Å². The van der Waals surface area contributed by atoms with Gasteiger partial charge in [0, 0.05) is 157 Å². The lowest BCUT2D eigenvalue weighted by Gasteiger charge is -2.54. The van der Waals surface area contributed by atoms with Crippen LogP contribution in [0.3, 0.4) is 0 Å². The van der Waals surface area contributed by atoms with E-state index in [-0.39, 0.29) is 117 Å². The molecule has 121 heavy (non-hydrogen) atoms. The average molecular weight is 1660 g/mol. The Morgan fingerprint density at radius 1 is 0.421 bits per heavy atom. The van der Waals surface area contributed by atoms with E-state index in [9.17, 15) is 29.1 Å². The number of fused-ring (bicyclic) bond motifs is 11. The Balaban J connectivity index is 0.000000147. The smallest absolute Gasteiger partial charge is 0.191 e. The molecule has 22 heteroatoms. The maximum absolute atomic E-state index is 13.3. The molecule has 658 valence electrons. The Kier molecular flexibility index (Phi) is 28.0. The Morgan fingerprint density at radius 2 is 0.802 bits per heavy atom. The molecule has 16 atom stereocenters. The Labute approximate surface area is 720 Å². The number of aliphatic hydroxyl groups is 1. The zero-order valence-corrected chi connectivity index (χ0v) is 70.5. The van der Waals surface area contributed by atoms with E-state index in [2.05, 4.69) is 101 Å². The summed E-state index contributed by atoms with van der Waals surface area (Å²) in [7, 11) is 6.02. The number of ketones is 5. The molecule has 10 heterocycles. The fourth-order valence-electron chi connectivity index (χ4n) is 25.2. The van der Waals surface area contributed by atoms with Crippen LogP contribution in [0.25, 0.3) is 34.2 Å². The normalized spacial score (nSPS) is 32.9. The van der Waals surface area contributed by atoms with E-state index in [1.165, 1.54) is 33.8 Å². The predicted octanol–water partition coefficient (Wildman–Crippen LogP) is 18.9. The van der Waals surface area contributed by atoms with Gasteiger partial charge in [-0.25, -0.2) is 0 Å². The lowest BCUT2D eigenvalue weighted by molar-refractivity contribution is -0.243. The van der Waals surface area contributed by atoms with Gasteiger partial charge >= 0.3 is 0 Å². The van der Waals surface area contributed by atoms with E-state index < -0.39 is 17.1 Å². The van der Waals surface area contributed by atoms with Gasteiger partial charge in [-0.05, 0) is 174 Å². The van der Waals surface area contributed by atoms with E-state index in [1.807, 2.05) is 90.8 Å². The first-order valence-corrected chi connectivity index (χ1v) is 43.3. The number of hydrogen-bond donors (Lipinski definition) is 1. The number of ether oxygens (including phenoxy) is 6. The molecular weight excluding hydrogens is 1520 g/mol. The van der Waals surface area contributed by atoms with E-state index in [4.69, 9.17) is 43.7 Å². The summed E-state index contributed by atoms with van der Waals surface area (Å²) in [6.07, 6.45) is 26.1. The van der Waals surface area contributed by atoms with Crippen LogP contribution in [0.15, 0.2) is 109 Å². The second kappa shape index (κ2) is 36.2. The van der Waals surface area contributed by atoms with E-state index in [1.54, 1.807) is 30.6 Å². The summed E-state index contributed by atoms with van der Waals surface area (Å²) in [5, 5.41) is 24.4. The van der Waals surface area contributed by atoms with Crippen molar-refractivity contribution in [3.8, 4) is 34.2 Å². The molecule has 0 bridgehead atoms. The van der Waals surface area contributed by atoms with E-state index >= 15 is 0 Å². The molecule has 10 fully saturated rings. The van der Waals surface area contributed by atoms with Gasteiger partial charge in [-0.2, -0.15) is 15.3 Å². The standard InChI is InChI=1S/C21H27N3O2.C20H23N3O2.C20H25NO4.C19H23N3O.C14H22O3.5CH4/c1-14-16-8-7-15-18(17-6-4-5-11-22-17)24(3)23-19(15)20(16,2)9-10-21(14)25-12-13-26-21;1-12-15-8-7-14-17(16-6-4-5-9-21-16)23(3)22-19(14)20(15,2)10-13(11-24)18(12)25;1-13-15-7-6-14(17(22)16-5-3-4-10-21-16)18(23)19(15,2)8-9-20(13)24-11-12-25-20;1-12-14-8-7-13-17(15-6-4-5-11-20-15)22(3)21-18(13)19(14,2)10-9-16(12)23;1-10-11-4-3-5-12(15)13(11,2)6-7-14(10)16-8-9-17-14;;;;;/h4-6,11,14,16H,7-10,12-13H2,1-3H3;4-6,9,11-12,15,24H,7-8,10H2,1-3H3;3-5,10,13-15H,6-9,11-12H2,1-2H3;4-6,11-12,14H,7-10H2,1-3H3;10-11H,3-9H2,1-2H3;5*1H4/b;13-11-;;;;;;;;/t14-,16-,20-;12-,15-,20-;13-,14?,15-,19-;12-,14-,19-;10-,11-,13-;;;;;/m00000...../s1. The zero-order chi connectivity index (χ0) is 81.7. The molecule has 22 nitrogen and oxygen atoms in total. The summed E-state index contributed by atoms with van der Waals surface area (Å²) in [5.41, 5.74) is 14.0. The minimum Gasteiger partial charge on any atom is -0.515 e. The van der Waals surface area contributed by atoms with Crippen LogP contribution in [0.2, 0.25) is 0 Å². The molecule has 0 radical (unpaired) electrons. The van der Waals surface area contributed by atoms with Gasteiger partial charge in [0.2, 0.25) is 0 Å².